The number of rotatable bonds is 2. The van der Waals surface area contributed by atoms with Crippen LogP contribution in [0.3, 0.4) is 0 Å². The molecule has 0 unspecified atom stereocenters. The summed E-state index contributed by atoms with van der Waals surface area (Å²) in [6.07, 6.45) is 0. The quantitative estimate of drug-likeness (QED) is 0.669. The van der Waals surface area contributed by atoms with Gasteiger partial charge in [0.25, 0.3) is 10.2 Å². The van der Waals surface area contributed by atoms with Crippen LogP contribution in [0.4, 0.5) is 0 Å². The standard InChI is InChI=1S/C7H16N2O3S/c1-7(2)6-12-5-4-9(7)13(10,11)8-3/h8H,4-6H2,1-3H3. The molecule has 1 fully saturated rings. The van der Waals surface area contributed by atoms with Crippen LogP contribution in [0.2, 0.25) is 0 Å². The fraction of sp³-hybridized carbons (Fsp3) is 1.00. The largest absolute Gasteiger partial charge is 0.378 e. The monoisotopic (exact) mass is 208 g/mol. The Morgan fingerprint density at radius 2 is 2.08 bits per heavy atom. The number of hydrogen-bond donors (Lipinski definition) is 1. The summed E-state index contributed by atoms with van der Waals surface area (Å²) in [7, 11) is -1.91. The third-order valence-electron chi connectivity index (χ3n) is 2.12. The zero-order chi connectivity index (χ0) is 10.1. The van der Waals surface area contributed by atoms with Gasteiger partial charge in [-0.15, -0.1) is 0 Å². The summed E-state index contributed by atoms with van der Waals surface area (Å²) in [5.41, 5.74) is -0.458. The molecule has 1 aliphatic heterocycles. The van der Waals surface area contributed by atoms with Crippen LogP contribution >= 0.6 is 0 Å². The predicted octanol–water partition coefficient (Wildman–Crippen LogP) is -0.439. The Morgan fingerprint density at radius 1 is 1.46 bits per heavy atom. The summed E-state index contributed by atoms with van der Waals surface area (Å²) in [4.78, 5) is 0. The molecule has 0 spiro atoms. The van der Waals surface area contributed by atoms with E-state index in [4.69, 9.17) is 4.74 Å². The summed E-state index contributed by atoms with van der Waals surface area (Å²) in [6.45, 7) is 5.01. The van der Waals surface area contributed by atoms with Gasteiger partial charge in [0.2, 0.25) is 0 Å². The molecular weight excluding hydrogens is 192 g/mol. The van der Waals surface area contributed by atoms with Crippen LogP contribution in [0.5, 0.6) is 0 Å². The Labute approximate surface area is 79.2 Å². The van der Waals surface area contributed by atoms with Crippen molar-refractivity contribution in [3.05, 3.63) is 0 Å². The van der Waals surface area contributed by atoms with Crippen molar-refractivity contribution in [2.45, 2.75) is 19.4 Å². The molecule has 0 aromatic rings. The molecule has 0 amide bonds. The minimum atomic E-state index is -3.33. The predicted molar refractivity (Wildman–Crippen MR) is 49.6 cm³/mol. The van der Waals surface area contributed by atoms with Crippen LogP contribution in [0.15, 0.2) is 0 Å². The van der Waals surface area contributed by atoms with Crippen molar-refractivity contribution in [3.8, 4) is 0 Å². The van der Waals surface area contributed by atoms with E-state index in [2.05, 4.69) is 4.72 Å². The minimum Gasteiger partial charge on any atom is -0.378 e. The van der Waals surface area contributed by atoms with Crippen LogP contribution in [-0.2, 0) is 14.9 Å². The van der Waals surface area contributed by atoms with Gasteiger partial charge in [0, 0.05) is 13.6 Å². The molecule has 13 heavy (non-hydrogen) atoms. The molecule has 6 heteroatoms. The lowest BCUT2D eigenvalue weighted by Gasteiger charge is -2.40. The second-order valence-corrected chi connectivity index (χ2v) is 5.45. The molecule has 1 aliphatic rings. The van der Waals surface area contributed by atoms with Gasteiger partial charge in [-0.1, -0.05) is 0 Å². The van der Waals surface area contributed by atoms with E-state index in [1.165, 1.54) is 11.4 Å². The molecule has 0 bridgehead atoms. The average Bonchev–Trinajstić information content (AvgIpc) is 2.03. The number of nitrogens with zero attached hydrogens (tertiary/aromatic N) is 1. The van der Waals surface area contributed by atoms with Gasteiger partial charge in [0.1, 0.15) is 0 Å². The highest BCUT2D eigenvalue weighted by molar-refractivity contribution is 7.87. The second-order valence-electron chi connectivity index (χ2n) is 3.65. The SMILES string of the molecule is CNS(=O)(=O)N1CCOCC1(C)C. The molecule has 0 aliphatic carbocycles. The highest BCUT2D eigenvalue weighted by Crippen LogP contribution is 2.21. The van der Waals surface area contributed by atoms with Gasteiger partial charge in [0.15, 0.2) is 0 Å². The third-order valence-corrected chi connectivity index (χ3v) is 3.89. The Morgan fingerprint density at radius 3 is 2.54 bits per heavy atom. The maximum Gasteiger partial charge on any atom is 0.279 e. The van der Waals surface area contributed by atoms with Gasteiger partial charge in [-0.3, -0.25) is 0 Å². The van der Waals surface area contributed by atoms with Crippen molar-refractivity contribution in [1.29, 1.82) is 0 Å². The van der Waals surface area contributed by atoms with Gasteiger partial charge in [-0.2, -0.15) is 12.7 Å². The van der Waals surface area contributed by atoms with Crippen LogP contribution in [0.1, 0.15) is 13.8 Å². The van der Waals surface area contributed by atoms with Crippen molar-refractivity contribution in [2.24, 2.45) is 0 Å². The molecule has 1 saturated heterocycles. The Bertz CT molecular complexity index is 273. The topological polar surface area (TPSA) is 58.6 Å². The van der Waals surface area contributed by atoms with Gasteiger partial charge in [-0.05, 0) is 13.8 Å². The van der Waals surface area contributed by atoms with Crippen LogP contribution < -0.4 is 4.72 Å². The first-order chi connectivity index (χ1) is 5.90. The van der Waals surface area contributed by atoms with Crippen LogP contribution in [0, 0.1) is 0 Å². The maximum absolute atomic E-state index is 11.5. The van der Waals surface area contributed by atoms with E-state index in [0.717, 1.165) is 0 Å². The van der Waals surface area contributed by atoms with Gasteiger partial charge >= 0.3 is 0 Å². The van der Waals surface area contributed by atoms with Gasteiger partial charge < -0.3 is 4.74 Å². The molecular formula is C7H16N2O3S. The Kier molecular flexibility index (Phi) is 2.96. The van der Waals surface area contributed by atoms with Crippen molar-refractivity contribution in [3.63, 3.8) is 0 Å². The molecule has 5 nitrogen and oxygen atoms in total. The van der Waals surface area contributed by atoms with E-state index >= 15 is 0 Å². The molecule has 0 saturated carbocycles. The fourth-order valence-electron chi connectivity index (χ4n) is 1.40. The maximum atomic E-state index is 11.5. The van der Waals surface area contributed by atoms with E-state index in [-0.39, 0.29) is 0 Å². The van der Waals surface area contributed by atoms with Crippen molar-refractivity contribution in [1.82, 2.24) is 9.03 Å². The lowest BCUT2D eigenvalue weighted by Crippen LogP contribution is -2.57. The first-order valence-electron chi connectivity index (χ1n) is 4.19. The highest BCUT2D eigenvalue weighted by Gasteiger charge is 2.38. The van der Waals surface area contributed by atoms with Crippen LogP contribution in [0.25, 0.3) is 0 Å². The van der Waals surface area contributed by atoms with Crippen molar-refractivity contribution < 1.29 is 13.2 Å². The first kappa shape index (κ1) is 10.9. The minimum absolute atomic E-state index is 0.413. The van der Waals surface area contributed by atoms with Gasteiger partial charge in [-0.25, -0.2) is 4.72 Å². The molecule has 0 aromatic carbocycles. The van der Waals surface area contributed by atoms with Crippen molar-refractivity contribution >= 4 is 10.2 Å². The smallest absolute Gasteiger partial charge is 0.279 e. The molecule has 0 radical (unpaired) electrons. The molecule has 1 rings (SSSR count). The highest BCUT2D eigenvalue weighted by atomic mass is 32.2. The van der Waals surface area contributed by atoms with E-state index < -0.39 is 15.7 Å². The summed E-state index contributed by atoms with van der Waals surface area (Å²) < 4.78 is 32.0. The number of morpholine rings is 1. The Hall–Kier alpha value is -0.170. The zero-order valence-corrected chi connectivity index (χ0v) is 9.02. The average molecular weight is 208 g/mol. The van der Waals surface area contributed by atoms with Crippen LogP contribution in [-0.4, -0.2) is 45.1 Å². The zero-order valence-electron chi connectivity index (χ0n) is 8.20. The second kappa shape index (κ2) is 3.53. The number of nitrogens with one attached hydrogen (secondary N) is 1. The van der Waals surface area contributed by atoms with E-state index in [1.54, 1.807) is 0 Å². The fourth-order valence-corrected chi connectivity index (χ4v) is 2.64. The summed E-state index contributed by atoms with van der Waals surface area (Å²) in [5.74, 6) is 0. The molecule has 1 N–H and O–H groups in total. The lowest BCUT2D eigenvalue weighted by atomic mass is 10.1. The van der Waals surface area contributed by atoms with Crippen molar-refractivity contribution in [2.75, 3.05) is 26.8 Å². The molecule has 78 valence electrons. The summed E-state index contributed by atoms with van der Waals surface area (Å²) in [5, 5.41) is 0. The molecule has 0 atom stereocenters. The van der Waals surface area contributed by atoms with E-state index in [9.17, 15) is 8.42 Å². The lowest BCUT2D eigenvalue weighted by molar-refractivity contribution is -0.00817. The number of hydrogen-bond acceptors (Lipinski definition) is 3. The molecule has 0 aromatic heterocycles. The van der Waals surface area contributed by atoms with Gasteiger partial charge in [0.05, 0.1) is 18.8 Å². The number of ether oxygens (including phenoxy) is 1. The normalized spacial score (nSPS) is 24.5. The summed E-state index contributed by atoms with van der Waals surface area (Å²) >= 11 is 0. The Balaban J connectivity index is 2.89. The van der Waals surface area contributed by atoms with E-state index in [1.807, 2.05) is 13.8 Å². The summed E-state index contributed by atoms with van der Waals surface area (Å²) in [6, 6.07) is 0. The van der Waals surface area contributed by atoms with E-state index in [0.29, 0.717) is 19.8 Å². The third kappa shape index (κ3) is 2.19. The first-order valence-corrected chi connectivity index (χ1v) is 5.63. The molecule has 1 heterocycles.